The fourth-order valence-corrected chi connectivity index (χ4v) is 4.70. The topological polar surface area (TPSA) is 124 Å². The fraction of sp³-hybridized carbons (Fsp3) is 0.448. The first-order chi connectivity index (χ1) is 19.4. The smallest absolute Gasteiger partial charge is 0.490 e. The lowest BCUT2D eigenvalue weighted by molar-refractivity contribution is -0.192. The summed E-state index contributed by atoms with van der Waals surface area (Å²) < 4.78 is 45.0. The van der Waals surface area contributed by atoms with Gasteiger partial charge in [0.25, 0.3) is 0 Å². The lowest BCUT2D eigenvalue weighted by Crippen LogP contribution is -2.21. The molecular formula is C29H34F3N3O6. The van der Waals surface area contributed by atoms with Gasteiger partial charge in [-0.15, -0.1) is 0 Å². The molecule has 0 amide bonds. The number of aliphatic carboxylic acids is 2. The molecule has 2 N–H and O–H groups in total. The first-order valence-electron chi connectivity index (χ1n) is 13.2. The number of alkyl halides is 3. The summed E-state index contributed by atoms with van der Waals surface area (Å²) in [7, 11) is 3.45. The highest BCUT2D eigenvalue weighted by Gasteiger charge is 2.38. The number of halogens is 3. The molecule has 1 aromatic carbocycles. The highest BCUT2D eigenvalue weighted by molar-refractivity contribution is 5.73. The van der Waals surface area contributed by atoms with E-state index < -0.39 is 18.1 Å². The molecule has 0 saturated carbocycles. The Kier molecular flexibility index (Phi) is 10.7. The zero-order valence-corrected chi connectivity index (χ0v) is 23.2. The minimum absolute atomic E-state index is 0.00340. The summed E-state index contributed by atoms with van der Waals surface area (Å²) in [6, 6.07) is 12.1. The van der Waals surface area contributed by atoms with Crippen molar-refractivity contribution in [3.8, 4) is 11.6 Å². The van der Waals surface area contributed by atoms with Crippen molar-refractivity contribution in [2.45, 2.75) is 64.0 Å². The van der Waals surface area contributed by atoms with Gasteiger partial charge in [-0.05, 0) is 62.3 Å². The first kappa shape index (κ1) is 31.4. The normalized spacial score (nSPS) is 13.4. The largest absolute Gasteiger partial charge is 0.496 e. The van der Waals surface area contributed by atoms with Gasteiger partial charge in [-0.25, -0.2) is 9.48 Å². The summed E-state index contributed by atoms with van der Waals surface area (Å²) in [6.07, 6.45) is 0.799. The Morgan fingerprint density at radius 2 is 1.78 bits per heavy atom. The molecule has 4 rings (SSSR count). The van der Waals surface area contributed by atoms with Crippen LogP contribution < -0.4 is 9.47 Å². The molecular weight excluding hydrogens is 543 g/mol. The highest BCUT2D eigenvalue weighted by atomic mass is 19.4. The first-order valence-corrected chi connectivity index (χ1v) is 13.2. The summed E-state index contributed by atoms with van der Waals surface area (Å²) in [4.78, 5) is 25.3. The molecule has 0 spiro atoms. The van der Waals surface area contributed by atoms with E-state index in [-0.39, 0.29) is 12.3 Å². The van der Waals surface area contributed by atoms with E-state index in [0.717, 1.165) is 41.8 Å². The molecule has 1 atom stereocenters. The number of aryl methyl sites for hydroxylation is 4. The Morgan fingerprint density at radius 3 is 2.44 bits per heavy atom. The van der Waals surface area contributed by atoms with Crippen LogP contribution in [0.5, 0.6) is 11.6 Å². The van der Waals surface area contributed by atoms with Crippen LogP contribution in [0.25, 0.3) is 0 Å². The summed E-state index contributed by atoms with van der Waals surface area (Å²) in [5, 5.41) is 21.2. The zero-order valence-electron chi connectivity index (χ0n) is 23.2. The van der Waals surface area contributed by atoms with Crippen molar-refractivity contribution in [2.24, 2.45) is 7.05 Å². The summed E-state index contributed by atoms with van der Waals surface area (Å²) in [6.45, 7) is 2.50. The van der Waals surface area contributed by atoms with E-state index in [2.05, 4.69) is 17.2 Å². The van der Waals surface area contributed by atoms with Gasteiger partial charge in [0.15, 0.2) is 0 Å². The number of methoxy groups -OCH3 is 1. The van der Waals surface area contributed by atoms with Crippen LogP contribution in [0, 0.1) is 6.92 Å². The third kappa shape index (κ3) is 9.22. The van der Waals surface area contributed by atoms with Crippen molar-refractivity contribution < 1.29 is 42.4 Å². The molecule has 2 heterocycles. The fourth-order valence-electron chi connectivity index (χ4n) is 4.70. The standard InChI is InChI=1S/C27H33N3O4.C2HF3O2/c1-18-8-11-25(33-3)23(14-18)20(16-27(31)32)15-22-17-26(30(2)29-22)34-13-12-21-10-9-19-6-4-5-7-24(19)28-21;3-2(4,5)1(6)7/h8-11,14,17,20H,4-7,12-13,15-16H2,1-3H3,(H,31,32);(H,6,7). The maximum absolute atomic E-state index is 11.6. The minimum atomic E-state index is -5.08. The molecule has 12 heteroatoms. The number of nitrogens with zero attached hydrogens (tertiary/aromatic N) is 3. The number of rotatable bonds is 10. The number of hydrogen-bond donors (Lipinski definition) is 2. The number of fused-ring (bicyclic) bond motifs is 1. The third-order valence-electron chi connectivity index (χ3n) is 6.68. The number of carbonyl (C=O) groups is 2. The molecule has 2 aromatic heterocycles. The number of aromatic nitrogens is 3. The van der Waals surface area contributed by atoms with Gasteiger partial charge in [-0.3, -0.25) is 9.78 Å². The molecule has 0 fully saturated rings. The van der Waals surface area contributed by atoms with E-state index in [1.54, 1.807) is 11.8 Å². The predicted molar refractivity (Wildman–Crippen MR) is 143 cm³/mol. The molecule has 1 unspecified atom stereocenters. The predicted octanol–water partition coefficient (Wildman–Crippen LogP) is 5.07. The second-order valence-electron chi connectivity index (χ2n) is 9.86. The van der Waals surface area contributed by atoms with Gasteiger partial charge in [0.2, 0.25) is 5.88 Å². The molecule has 1 aliphatic rings. The van der Waals surface area contributed by atoms with Crippen molar-refractivity contribution in [3.05, 3.63) is 70.2 Å². The van der Waals surface area contributed by atoms with Crippen molar-refractivity contribution in [1.82, 2.24) is 14.8 Å². The number of carboxylic acid groups (broad SMARTS) is 2. The van der Waals surface area contributed by atoms with Crippen LogP contribution in [0.4, 0.5) is 13.2 Å². The Hall–Kier alpha value is -4.09. The van der Waals surface area contributed by atoms with Crippen molar-refractivity contribution in [3.63, 3.8) is 0 Å². The van der Waals surface area contributed by atoms with Crippen LogP contribution in [0.3, 0.4) is 0 Å². The van der Waals surface area contributed by atoms with Gasteiger partial charge in [0.1, 0.15) is 5.75 Å². The molecule has 0 aliphatic heterocycles. The van der Waals surface area contributed by atoms with Crippen molar-refractivity contribution in [1.29, 1.82) is 0 Å². The number of ether oxygens (including phenoxy) is 2. The number of carboxylic acids is 2. The molecule has 0 bridgehead atoms. The number of hydrogen-bond acceptors (Lipinski definition) is 6. The van der Waals surface area contributed by atoms with Crippen molar-refractivity contribution in [2.75, 3.05) is 13.7 Å². The van der Waals surface area contributed by atoms with Gasteiger partial charge in [0.05, 0.1) is 25.8 Å². The second-order valence-corrected chi connectivity index (χ2v) is 9.86. The molecule has 9 nitrogen and oxygen atoms in total. The second kappa shape index (κ2) is 14.0. The van der Waals surface area contributed by atoms with Crippen molar-refractivity contribution >= 4 is 11.9 Å². The quantitative estimate of drug-likeness (QED) is 0.343. The zero-order chi connectivity index (χ0) is 30.2. The van der Waals surface area contributed by atoms with Gasteiger partial charge in [0, 0.05) is 36.8 Å². The van der Waals surface area contributed by atoms with E-state index in [1.165, 1.54) is 24.1 Å². The molecule has 1 aliphatic carbocycles. The maximum Gasteiger partial charge on any atom is 0.490 e. The number of benzene rings is 1. The van der Waals surface area contributed by atoms with Crippen LogP contribution >= 0.6 is 0 Å². The van der Waals surface area contributed by atoms with E-state index in [1.807, 2.05) is 38.2 Å². The Labute approximate surface area is 235 Å². The average molecular weight is 578 g/mol. The Balaban J connectivity index is 0.000000587. The monoisotopic (exact) mass is 577 g/mol. The SMILES string of the molecule is COc1ccc(C)cc1C(CC(=O)O)Cc1cc(OCCc2ccc3c(n2)CCCC3)n(C)n1.O=C(O)C(F)(F)F. The van der Waals surface area contributed by atoms with Crippen LogP contribution in [0.2, 0.25) is 0 Å². The number of pyridine rings is 1. The van der Waals surface area contributed by atoms with E-state index in [9.17, 15) is 23.1 Å². The molecule has 41 heavy (non-hydrogen) atoms. The summed E-state index contributed by atoms with van der Waals surface area (Å²) in [5.41, 5.74) is 6.41. The minimum Gasteiger partial charge on any atom is -0.496 e. The molecule has 0 saturated heterocycles. The van der Waals surface area contributed by atoms with Crippen LogP contribution in [0.1, 0.15) is 59.0 Å². The molecule has 222 valence electrons. The molecule has 0 radical (unpaired) electrons. The van der Waals surface area contributed by atoms with Crippen LogP contribution in [-0.4, -0.2) is 56.8 Å². The van der Waals surface area contributed by atoms with Gasteiger partial charge in [-0.1, -0.05) is 23.8 Å². The van der Waals surface area contributed by atoms with Gasteiger partial charge >= 0.3 is 18.1 Å². The lowest BCUT2D eigenvalue weighted by Gasteiger charge is -2.18. The van der Waals surface area contributed by atoms with Gasteiger partial charge in [-0.2, -0.15) is 18.3 Å². The van der Waals surface area contributed by atoms with E-state index in [0.29, 0.717) is 24.7 Å². The van der Waals surface area contributed by atoms with Crippen LogP contribution in [-0.2, 0) is 42.3 Å². The summed E-state index contributed by atoms with van der Waals surface area (Å²) in [5.74, 6) is -2.50. The summed E-state index contributed by atoms with van der Waals surface area (Å²) >= 11 is 0. The Bertz CT molecular complexity index is 1360. The highest BCUT2D eigenvalue weighted by Crippen LogP contribution is 2.33. The van der Waals surface area contributed by atoms with E-state index >= 15 is 0 Å². The third-order valence-corrected chi connectivity index (χ3v) is 6.68. The average Bonchev–Trinajstić information content (AvgIpc) is 3.26. The van der Waals surface area contributed by atoms with Gasteiger partial charge < -0.3 is 19.7 Å². The maximum atomic E-state index is 11.6. The Morgan fingerprint density at radius 1 is 1.07 bits per heavy atom. The van der Waals surface area contributed by atoms with E-state index in [4.69, 9.17) is 24.4 Å². The van der Waals surface area contributed by atoms with Crippen LogP contribution in [0.15, 0.2) is 36.4 Å². The lowest BCUT2D eigenvalue weighted by atomic mass is 9.89. The molecule has 3 aromatic rings.